The average Bonchev–Trinajstić information content (AvgIpc) is 3.19. The number of likely N-dealkylation sites (tertiary alicyclic amines) is 1. The van der Waals surface area contributed by atoms with Gasteiger partial charge in [0, 0.05) is 45.1 Å². The van der Waals surface area contributed by atoms with Gasteiger partial charge >= 0.3 is 5.97 Å². The summed E-state index contributed by atoms with van der Waals surface area (Å²) in [6.45, 7) is 7.18. The van der Waals surface area contributed by atoms with Crippen LogP contribution in [0.25, 0.3) is 0 Å². The van der Waals surface area contributed by atoms with Gasteiger partial charge in [0.15, 0.2) is 0 Å². The first-order chi connectivity index (χ1) is 27.0. The van der Waals surface area contributed by atoms with Gasteiger partial charge in [-0.3, -0.25) is 28.9 Å². The first kappa shape index (κ1) is 41.8. The Morgan fingerprint density at radius 1 is 0.964 bits per heavy atom. The number of hydrogen-bond donors (Lipinski definition) is 4. The lowest BCUT2D eigenvalue weighted by molar-refractivity contribution is -0.139. The van der Waals surface area contributed by atoms with E-state index in [1.54, 1.807) is 13.2 Å². The second-order valence-corrected chi connectivity index (χ2v) is 15.0. The maximum atomic E-state index is 13.6. The average molecular weight is 770 g/mol. The minimum absolute atomic E-state index is 0.177. The quantitative estimate of drug-likeness (QED) is 0.247. The molecule has 0 radical (unpaired) electrons. The van der Waals surface area contributed by atoms with Gasteiger partial charge in [0.1, 0.15) is 30.3 Å². The van der Waals surface area contributed by atoms with Gasteiger partial charge in [-0.2, -0.15) is 0 Å². The summed E-state index contributed by atoms with van der Waals surface area (Å²) in [6, 6.07) is 16.2. The monoisotopic (exact) mass is 769 g/mol. The van der Waals surface area contributed by atoms with E-state index in [0.717, 1.165) is 43.9 Å². The molecule has 14 heteroatoms. The van der Waals surface area contributed by atoms with Crippen molar-refractivity contribution in [3.05, 3.63) is 89.0 Å². The van der Waals surface area contributed by atoms with Crippen molar-refractivity contribution in [3.63, 3.8) is 0 Å². The highest BCUT2D eigenvalue weighted by molar-refractivity contribution is 5.95. The summed E-state index contributed by atoms with van der Waals surface area (Å²) in [5, 5.41) is 17.5. The molecule has 3 aliphatic heterocycles. The fourth-order valence-corrected chi connectivity index (χ4v) is 6.98. The van der Waals surface area contributed by atoms with Crippen molar-refractivity contribution in [2.75, 3.05) is 39.8 Å². The van der Waals surface area contributed by atoms with Gasteiger partial charge < -0.3 is 30.7 Å². The van der Waals surface area contributed by atoms with Crippen LogP contribution in [0.4, 0.5) is 0 Å². The van der Waals surface area contributed by atoms with Crippen molar-refractivity contribution >= 4 is 29.6 Å². The number of ether oxygens (including phenoxy) is 1. The molecule has 2 bridgehead atoms. The number of rotatable bonds is 8. The van der Waals surface area contributed by atoms with Crippen molar-refractivity contribution < 1.29 is 33.8 Å². The number of nitrogens with one attached hydrogen (secondary N) is 3. The molecular weight excluding hydrogens is 715 g/mol. The number of fused-ring (bicyclic) bond motifs is 16. The second kappa shape index (κ2) is 20.5. The fourth-order valence-electron chi connectivity index (χ4n) is 6.98. The zero-order valence-corrected chi connectivity index (χ0v) is 32.7. The van der Waals surface area contributed by atoms with Crippen molar-refractivity contribution in [1.82, 2.24) is 35.7 Å². The van der Waals surface area contributed by atoms with Crippen LogP contribution in [0.5, 0.6) is 5.75 Å². The lowest BCUT2D eigenvalue weighted by atomic mass is 9.95. The Hall–Kier alpha value is -5.37. The number of benzene rings is 2. The Labute approximate surface area is 328 Å². The Kier molecular flexibility index (Phi) is 15.3. The summed E-state index contributed by atoms with van der Waals surface area (Å²) >= 11 is 0. The van der Waals surface area contributed by atoms with E-state index in [1.165, 1.54) is 10.5 Å². The molecule has 4 heterocycles. The number of carboxylic acids is 1. The van der Waals surface area contributed by atoms with E-state index < -0.39 is 29.9 Å². The van der Waals surface area contributed by atoms with Crippen LogP contribution in [0.15, 0.2) is 60.8 Å². The molecule has 1 aromatic heterocycles. The van der Waals surface area contributed by atoms with Gasteiger partial charge in [-0.25, -0.2) is 9.97 Å². The van der Waals surface area contributed by atoms with Gasteiger partial charge in [-0.15, -0.1) is 0 Å². The molecule has 3 aliphatic rings. The number of aliphatic carboxylic acids is 1. The highest BCUT2D eigenvalue weighted by Gasteiger charge is 2.31. The first-order valence-corrected chi connectivity index (χ1v) is 19.6. The number of carboxylic acid groups (broad SMARTS) is 1. The lowest BCUT2D eigenvalue weighted by Gasteiger charge is -2.31. The topological polar surface area (TPSA) is 183 Å². The van der Waals surface area contributed by atoms with Crippen molar-refractivity contribution in [2.24, 2.45) is 5.92 Å². The number of carbonyl (C=O) groups excluding carboxylic acids is 4. The molecule has 0 spiro atoms. The molecule has 300 valence electrons. The Morgan fingerprint density at radius 2 is 1.70 bits per heavy atom. The predicted octanol–water partition coefficient (Wildman–Crippen LogP) is 3.69. The molecular formula is C42H55N7O7. The van der Waals surface area contributed by atoms with Gasteiger partial charge in [-0.1, -0.05) is 56.3 Å². The van der Waals surface area contributed by atoms with E-state index in [1.807, 2.05) is 44.2 Å². The van der Waals surface area contributed by atoms with Crippen LogP contribution in [0.1, 0.15) is 97.7 Å². The fraction of sp³-hybridized carbons (Fsp3) is 0.500. The van der Waals surface area contributed by atoms with Crippen molar-refractivity contribution in [1.29, 1.82) is 0 Å². The number of nitrogens with zero attached hydrogens (tertiary/aromatic N) is 4. The van der Waals surface area contributed by atoms with Crippen molar-refractivity contribution in [2.45, 2.75) is 89.8 Å². The third-order valence-electron chi connectivity index (χ3n) is 10.4. The molecule has 2 atom stereocenters. The van der Waals surface area contributed by atoms with Crippen LogP contribution in [0.2, 0.25) is 0 Å². The second-order valence-electron chi connectivity index (χ2n) is 15.0. The molecule has 0 aliphatic carbocycles. The van der Waals surface area contributed by atoms with E-state index in [4.69, 9.17) is 19.8 Å². The van der Waals surface area contributed by atoms with Gasteiger partial charge in [0.2, 0.25) is 17.7 Å². The van der Waals surface area contributed by atoms with Crippen LogP contribution in [-0.2, 0) is 32.1 Å². The number of aromatic nitrogens is 2. The van der Waals surface area contributed by atoms with Gasteiger partial charge in [0.25, 0.3) is 5.91 Å². The Balaban J connectivity index is 1.32. The maximum Gasteiger partial charge on any atom is 0.303 e. The summed E-state index contributed by atoms with van der Waals surface area (Å²) in [6.07, 6.45) is 4.38. The van der Waals surface area contributed by atoms with Crippen LogP contribution in [0.3, 0.4) is 0 Å². The lowest BCUT2D eigenvalue weighted by Crippen LogP contribution is -2.56. The molecule has 14 nitrogen and oxygen atoms in total. The maximum absolute atomic E-state index is 13.6. The highest BCUT2D eigenvalue weighted by atomic mass is 16.5. The summed E-state index contributed by atoms with van der Waals surface area (Å²) in [5.74, 6) is -1.56. The zero-order chi connectivity index (χ0) is 40.0. The molecule has 2 aromatic carbocycles. The smallest absolute Gasteiger partial charge is 0.303 e. The normalized spacial score (nSPS) is 19.9. The Bertz CT molecular complexity index is 1800. The molecule has 6 rings (SSSR count). The molecule has 4 amide bonds. The van der Waals surface area contributed by atoms with Crippen LogP contribution in [-0.4, -0.2) is 106 Å². The van der Waals surface area contributed by atoms with Crippen LogP contribution < -0.4 is 20.7 Å². The third kappa shape index (κ3) is 12.3. The minimum atomic E-state index is -1.12. The molecule has 1 fully saturated rings. The van der Waals surface area contributed by atoms with E-state index in [-0.39, 0.29) is 56.1 Å². The predicted molar refractivity (Wildman–Crippen MR) is 210 cm³/mol. The van der Waals surface area contributed by atoms with Gasteiger partial charge in [-0.05, 0) is 74.4 Å². The van der Waals surface area contributed by atoms with Gasteiger partial charge in [0.05, 0.1) is 24.2 Å². The van der Waals surface area contributed by atoms with E-state index in [9.17, 15) is 24.0 Å². The van der Waals surface area contributed by atoms with Crippen molar-refractivity contribution in [3.8, 4) is 5.75 Å². The van der Waals surface area contributed by atoms with Crippen LogP contribution >= 0.6 is 0 Å². The standard InChI is InChI=1S/C42H55N7O7/c1-28(2)38-42(55)48(3)23-24-56-32-14-12-29(13-15-32)25-35-33(26-44-39(46-35)31-18-21-49(22-19-31)27-30-9-5-4-6-10-30)40(53)43-20-8-7-11-34(41(54)47-38)45-36(50)16-17-37(51)52/h4-6,9-10,12-15,26,28,31,34,38H,7-8,11,16-25,27H2,1-3H3,(H,43,53)(H,45,50)(H,47,54)(H,51,52)/t34-,38-/m0/s1. The first-order valence-electron chi connectivity index (χ1n) is 19.6. The molecule has 0 unspecified atom stereocenters. The number of hydrogen-bond acceptors (Lipinski definition) is 9. The number of carbonyl (C=O) groups is 5. The summed E-state index contributed by atoms with van der Waals surface area (Å²) in [4.78, 5) is 78.1. The number of piperidine rings is 1. The summed E-state index contributed by atoms with van der Waals surface area (Å²) in [7, 11) is 1.65. The van der Waals surface area contributed by atoms with E-state index in [2.05, 4.69) is 45.1 Å². The third-order valence-corrected chi connectivity index (χ3v) is 10.4. The highest BCUT2D eigenvalue weighted by Crippen LogP contribution is 2.28. The zero-order valence-electron chi connectivity index (χ0n) is 32.7. The largest absolute Gasteiger partial charge is 0.492 e. The van der Waals surface area contributed by atoms with E-state index in [0.29, 0.717) is 42.8 Å². The SMILES string of the molecule is CC(C)[C@@H]1NC(=O)[C@@H](NC(=O)CCC(=O)O)CCCCNC(=O)c2cnc(C3CCN(Cc4ccccc4)CC3)nc2Cc2ccc(cc2)OCCN(C)C1=O. The molecule has 56 heavy (non-hydrogen) atoms. The number of amides is 4. The number of likely N-dealkylation sites (N-methyl/N-ethyl adjacent to an activating group) is 1. The Morgan fingerprint density at radius 3 is 2.39 bits per heavy atom. The summed E-state index contributed by atoms with van der Waals surface area (Å²) in [5.41, 5.74) is 3.27. The van der Waals surface area contributed by atoms with Crippen LogP contribution in [0, 0.1) is 5.92 Å². The summed E-state index contributed by atoms with van der Waals surface area (Å²) < 4.78 is 5.97. The molecule has 0 saturated carbocycles. The van der Waals surface area contributed by atoms with E-state index >= 15 is 0 Å². The molecule has 1 saturated heterocycles. The molecule has 3 aromatic rings. The minimum Gasteiger partial charge on any atom is -0.492 e. The molecule has 4 N–H and O–H groups in total.